The number of fused-ring (bicyclic) bond motifs is 1. The van der Waals surface area contributed by atoms with Crippen LogP contribution in [0.4, 0.5) is 10.1 Å². The molecule has 1 nitrogen and oxygen atoms in total. The third-order valence-corrected chi connectivity index (χ3v) is 3.99. The van der Waals surface area contributed by atoms with Crippen LogP contribution in [-0.4, -0.2) is 0 Å². The van der Waals surface area contributed by atoms with Crippen molar-refractivity contribution in [1.82, 2.24) is 0 Å². The summed E-state index contributed by atoms with van der Waals surface area (Å²) >= 11 is 0. The van der Waals surface area contributed by atoms with Gasteiger partial charge in [-0.3, -0.25) is 0 Å². The Balaban J connectivity index is 1.96. The topological polar surface area (TPSA) is 12.0 Å². The standard InChI is InChI=1S/C17H18FN/c1-11-7-8-14(10-15(11)18)17-12(2)9-13-5-3-4-6-16(13)19-17/h3-8,10,12,17,19H,9H2,1-2H3. The molecule has 1 heterocycles. The number of hydrogen-bond donors (Lipinski definition) is 1. The van der Waals surface area contributed by atoms with E-state index in [-0.39, 0.29) is 11.9 Å². The first-order valence-corrected chi connectivity index (χ1v) is 6.75. The SMILES string of the molecule is Cc1ccc(C2Nc3ccccc3CC2C)cc1F. The molecule has 0 radical (unpaired) electrons. The van der Waals surface area contributed by atoms with Crippen molar-refractivity contribution in [2.45, 2.75) is 26.3 Å². The van der Waals surface area contributed by atoms with E-state index < -0.39 is 0 Å². The van der Waals surface area contributed by atoms with E-state index in [9.17, 15) is 4.39 Å². The van der Waals surface area contributed by atoms with Crippen LogP contribution in [0.15, 0.2) is 42.5 Å². The van der Waals surface area contributed by atoms with Crippen molar-refractivity contribution in [3.63, 3.8) is 0 Å². The molecule has 19 heavy (non-hydrogen) atoms. The maximum atomic E-state index is 13.7. The van der Waals surface area contributed by atoms with E-state index in [1.54, 1.807) is 13.0 Å². The average molecular weight is 255 g/mol. The Labute approximate surface area is 113 Å². The third kappa shape index (κ3) is 2.23. The predicted octanol–water partition coefficient (Wildman–Crippen LogP) is 4.48. The maximum Gasteiger partial charge on any atom is 0.126 e. The normalized spacial score (nSPS) is 21.6. The molecule has 0 amide bonds. The van der Waals surface area contributed by atoms with Crippen LogP contribution >= 0.6 is 0 Å². The van der Waals surface area contributed by atoms with Gasteiger partial charge in [-0.05, 0) is 48.1 Å². The molecule has 0 saturated carbocycles. The maximum absolute atomic E-state index is 13.7. The second-order valence-corrected chi connectivity index (χ2v) is 5.47. The van der Waals surface area contributed by atoms with Gasteiger partial charge in [-0.15, -0.1) is 0 Å². The summed E-state index contributed by atoms with van der Waals surface area (Å²) in [5.41, 5.74) is 4.25. The lowest BCUT2D eigenvalue weighted by Gasteiger charge is -2.33. The number of aryl methyl sites for hydroxylation is 1. The smallest absolute Gasteiger partial charge is 0.126 e. The zero-order valence-electron chi connectivity index (χ0n) is 11.3. The highest BCUT2D eigenvalue weighted by atomic mass is 19.1. The van der Waals surface area contributed by atoms with Gasteiger partial charge in [-0.25, -0.2) is 4.39 Å². The van der Waals surface area contributed by atoms with Gasteiger partial charge in [0.25, 0.3) is 0 Å². The molecule has 0 saturated heterocycles. The van der Waals surface area contributed by atoms with Gasteiger partial charge in [0.15, 0.2) is 0 Å². The van der Waals surface area contributed by atoms with Crippen LogP contribution in [0.3, 0.4) is 0 Å². The second-order valence-electron chi connectivity index (χ2n) is 5.47. The predicted molar refractivity (Wildman–Crippen MR) is 76.8 cm³/mol. The molecule has 2 heteroatoms. The van der Waals surface area contributed by atoms with E-state index in [1.807, 2.05) is 18.2 Å². The number of anilines is 1. The first-order chi connectivity index (χ1) is 9.15. The highest BCUT2D eigenvalue weighted by molar-refractivity contribution is 5.55. The largest absolute Gasteiger partial charge is 0.378 e. The van der Waals surface area contributed by atoms with Crippen LogP contribution in [0, 0.1) is 18.7 Å². The molecule has 2 aromatic rings. The fourth-order valence-corrected chi connectivity index (χ4v) is 2.83. The lowest BCUT2D eigenvalue weighted by Crippen LogP contribution is -2.26. The minimum Gasteiger partial charge on any atom is -0.378 e. The van der Waals surface area contributed by atoms with Crippen molar-refractivity contribution in [3.05, 3.63) is 65.0 Å². The number of halogens is 1. The van der Waals surface area contributed by atoms with Crippen LogP contribution < -0.4 is 5.32 Å². The molecule has 2 aromatic carbocycles. The molecule has 0 spiro atoms. The first kappa shape index (κ1) is 12.2. The van der Waals surface area contributed by atoms with Crippen LogP contribution in [-0.2, 0) is 6.42 Å². The minimum atomic E-state index is -0.120. The Kier molecular flexibility index (Phi) is 3.02. The Morgan fingerprint density at radius 2 is 1.95 bits per heavy atom. The number of para-hydroxylation sites is 1. The van der Waals surface area contributed by atoms with E-state index in [1.165, 1.54) is 11.3 Å². The molecule has 2 atom stereocenters. The summed E-state index contributed by atoms with van der Waals surface area (Å²) in [4.78, 5) is 0. The minimum absolute atomic E-state index is 0.120. The summed E-state index contributed by atoms with van der Waals surface area (Å²) in [6, 6.07) is 14.1. The molecule has 0 fully saturated rings. The fraction of sp³-hybridized carbons (Fsp3) is 0.294. The summed E-state index contributed by atoms with van der Waals surface area (Å²) in [6.45, 7) is 4.01. The van der Waals surface area contributed by atoms with E-state index in [0.717, 1.165) is 12.0 Å². The van der Waals surface area contributed by atoms with Gasteiger partial charge in [0.1, 0.15) is 5.82 Å². The van der Waals surface area contributed by atoms with Crippen molar-refractivity contribution >= 4 is 5.69 Å². The number of hydrogen-bond acceptors (Lipinski definition) is 1. The molecule has 1 N–H and O–H groups in total. The van der Waals surface area contributed by atoms with Gasteiger partial charge in [0.05, 0.1) is 6.04 Å². The molecule has 0 aromatic heterocycles. The molecule has 2 unspecified atom stereocenters. The molecular formula is C17H18FN. The molecule has 1 aliphatic rings. The lowest BCUT2D eigenvalue weighted by molar-refractivity contribution is 0.476. The van der Waals surface area contributed by atoms with Crippen LogP contribution in [0.1, 0.15) is 29.7 Å². The summed E-state index contributed by atoms with van der Waals surface area (Å²) in [7, 11) is 0. The van der Waals surface area contributed by atoms with E-state index >= 15 is 0 Å². The number of benzene rings is 2. The third-order valence-electron chi connectivity index (χ3n) is 3.99. The van der Waals surface area contributed by atoms with Gasteiger partial charge in [-0.2, -0.15) is 0 Å². The van der Waals surface area contributed by atoms with Crippen LogP contribution in [0.25, 0.3) is 0 Å². The zero-order valence-corrected chi connectivity index (χ0v) is 11.3. The summed E-state index contributed by atoms with van der Waals surface area (Å²) in [5.74, 6) is 0.336. The summed E-state index contributed by atoms with van der Waals surface area (Å²) in [6.07, 6.45) is 1.03. The molecule has 0 aliphatic carbocycles. The van der Waals surface area contributed by atoms with Gasteiger partial charge < -0.3 is 5.32 Å². The van der Waals surface area contributed by atoms with E-state index in [0.29, 0.717) is 11.5 Å². The molecule has 3 rings (SSSR count). The van der Waals surface area contributed by atoms with Crippen molar-refractivity contribution in [2.75, 3.05) is 5.32 Å². The Morgan fingerprint density at radius 1 is 1.16 bits per heavy atom. The highest BCUT2D eigenvalue weighted by Crippen LogP contribution is 2.36. The Bertz CT molecular complexity index is 606. The molecule has 98 valence electrons. The highest BCUT2D eigenvalue weighted by Gasteiger charge is 2.26. The lowest BCUT2D eigenvalue weighted by atomic mass is 9.84. The van der Waals surface area contributed by atoms with Crippen LogP contribution in [0.2, 0.25) is 0 Å². The average Bonchev–Trinajstić information content (AvgIpc) is 2.41. The van der Waals surface area contributed by atoms with Gasteiger partial charge in [-0.1, -0.05) is 37.3 Å². The Morgan fingerprint density at radius 3 is 2.74 bits per heavy atom. The molecular weight excluding hydrogens is 237 g/mol. The van der Waals surface area contributed by atoms with E-state index in [4.69, 9.17) is 0 Å². The summed E-state index contributed by atoms with van der Waals surface area (Å²) in [5, 5.41) is 3.54. The summed E-state index contributed by atoms with van der Waals surface area (Å²) < 4.78 is 13.7. The van der Waals surface area contributed by atoms with E-state index in [2.05, 4.69) is 30.4 Å². The van der Waals surface area contributed by atoms with Crippen LogP contribution in [0.5, 0.6) is 0 Å². The van der Waals surface area contributed by atoms with Crippen molar-refractivity contribution in [3.8, 4) is 0 Å². The first-order valence-electron chi connectivity index (χ1n) is 6.75. The van der Waals surface area contributed by atoms with Gasteiger partial charge in [0.2, 0.25) is 0 Å². The number of nitrogens with one attached hydrogen (secondary N) is 1. The fourth-order valence-electron chi connectivity index (χ4n) is 2.83. The van der Waals surface area contributed by atoms with Gasteiger partial charge in [0, 0.05) is 5.69 Å². The second kappa shape index (κ2) is 4.69. The van der Waals surface area contributed by atoms with Crippen molar-refractivity contribution in [1.29, 1.82) is 0 Å². The Hall–Kier alpha value is -1.83. The molecule has 1 aliphatic heterocycles. The quantitative estimate of drug-likeness (QED) is 0.792. The number of rotatable bonds is 1. The molecule has 0 bridgehead atoms. The van der Waals surface area contributed by atoms with Gasteiger partial charge >= 0.3 is 0 Å². The van der Waals surface area contributed by atoms with Crippen molar-refractivity contribution < 1.29 is 4.39 Å². The zero-order chi connectivity index (χ0) is 13.4. The van der Waals surface area contributed by atoms with Crippen molar-refractivity contribution in [2.24, 2.45) is 5.92 Å². The monoisotopic (exact) mass is 255 g/mol.